The normalized spacial score (nSPS) is 17.7. The zero-order valence-corrected chi connectivity index (χ0v) is 15.3. The van der Waals surface area contributed by atoms with Crippen LogP contribution in [0.15, 0.2) is 36.7 Å². The van der Waals surface area contributed by atoms with Crippen LogP contribution in [0.4, 0.5) is 11.5 Å². The molecule has 0 bridgehead atoms. The van der Waals surface area contributed by atoms with Crippen LogP contribution in [0, 0.1) is 6.92 Å². The maximum absolute atomic E-state index is 12.9. The molecule has 0 saturated carbocycles. The number of benzene rings is 1. The molecule has 6 nitrogen and oxygen atoms in total. The molecule has 0 spiro atoms. The molecule has 3 heterocycles. The van der Waals surface area contributed by atoms with Crippen molar-refractivity contribution in [1.29, 1.82) is 0 Å². The predicted molar refractivity (Wildman–Crippen MR) is 103 cm³/mol. The van der Waals surface area contributed by atoms with Gasteiger partial charge in [0.25, 0.3) is 5.91 Å². The van der Waals surface area contributed by atoms with E-state index < -0.39 is 0 Å². The van der Waals surface area contributed by atoms with Crippen molar-refractivity contribution >= 4 is 17.4 Å². The number of rotatable bonds is 3. The van der Waals surface area contributed by atoms with Crippen molar-refractivity contribution in [1.82, 2.24) is 14.9 Å². The van der Waals surface area contributed by atoms with Crippen molar-refractivity contribution in [3.05, 3.63) is 47.9 Å². The number of nitrogens with zero attached hydrogens (tertiary/aromatic N) is 5. The Labute approximate surface area is 154 Å². The van der Waals surface area contributed by atoms with Gasteiger partial charge in [-0.15, -0.1) is 0 Å². The van der Waals surface area contributed by atoms with E-state index in [2.05, 4.69) is 51.0 Å². The van der Waals surface area contributed by atoms with E-state index in [1.807, 2.05) is 11.0 Å². The second-order valence-electron chi connectivity index (χ2n) is 7.07. The van der Waals surface area contributed by atoms with Gasteiger partial charge in [-0.05, 0) is 37.5 Å². The zero-order valence-electron chi connectivity index (χ0n) is 15.3. The molecule has 0 aliphatic carbocycles. The highest BCUT2D eigenvalue weighted by Crippen LogP contribution is 2.20. The first-order chi connectivity index (χ1) is 12.7. The van der Waals surface area contributed by atoms with Crippen molar-refractivity contribution in [2.75, 3.05) is 49.1 Å². The molecule has 6 heteroatoms. The van der Waals surface area contributed by atoms with Gasteiger partial charge in [0.15, 0.2) is 0 Å². The molecule has 1 amide bonds. The first-order valence-corrected chi connectivity index (χ1v) is 9.38. The number of aryl methyl sites for hydroxylation is 1. The number of aromatic nitrogens is 2. The highest BCUT2D eigenvalue weighted by Gasteiger charge is 2.24. The fraction of sp³-hybridized carbons (Fsp3) is 0.450. The summed E-state index contributed by atoms with van der Waals surface area (Å²) in [6, 6.07) is 10.4. The minimum absolute atomic E-state index is 0.0109. The number of carbonyl (C=O) groups is 1. The average Bonchev–Trinajstić information content (AvgIpc) is 3.23. The predicted octanol–water partition coefficient (Wildman–Crippen LogP) is 2.35. The molecule has 2 aromatic rings. The van der Waals surface area contributed by atoms with E-state index in [0.29, 0.717) is 5.69 Å². The summed E-state index contributed by atoms with van der Waals surface area (Å²) in [7, 11) is 0. The molecular weight excluding hydrogens is 326 g/mol. The lowest BCUT2D eigenvalue weighted by Crippen LogP contribution is -2.49. The fourth-order valence-electron chi connectivity index (χ4n) is 3.74. The number of hydrogen-bond acceptors (Lipinski definition) is 5. The van der Waals surface area contributed by atoms with Crippen LogP contribution in [0.3, 0.4) is 0 Å². The molecule has 136 valence electrons. The van der Waals surface area contributed by atoms with Crippen molar-refractivity contribution in [3.8, 4) is 0 Å². The fourth-order valence-corrected chi connectivity index (χ4v) is 3.74. The summed E-state index contributed by atoms with van der Waals surface area (Å²) in [5, 5.41) is 0. The number of anilines is 2. The molecule has 2 saturated heterocycles. The molecule has 2 aliphatic heterocycles. The van der Waals surface area contributed by atoms with E-state index in [1.54, 1.807) is 0 Å². The Morgan fingerprint density at radius 2 is 1.69 bits per heavy atom. The van der Waals surface area contributed by atoms with E-state index in [9.17, 15) is 4.79 Å². The third-order valence-electron chi connectivity index (χ3n) is 5.24. The molecule has 0 unspecified atom stereocenters. The molecule has 0 radical (unpaired) electrons. The van der Waals surface area contributed by atoms with Gasteiger partial charge >= 0.3 is 0 Å². The molecule has 2 aliphatic rings. The van der Waals surface area contributed by atoms with Crippen LogP contribution >= 0.6 is 0 Å². The molecule has 0 atom stereocenters. The van der Waals surface area contributed by atoms with Crippen LogP contribution in [0.25, 0.3) is 0 Å². The Bertz CT molecular complexity index is 779. The Morgan fingerprint density at radius 3 is 2.42 bits per heavy atom. The first kappa shape index (κ1) is 16.8. The molecular formula is C20H25N5O. The molecule has 4 rings (SSSR count). The van der Waals surface area contributed by atoms with Crippen molar-refractivity contribution in [2.45, 2.75) is 19.8 Å². The largest absolute Gasteiger partial charge is 0.368 e. The van der Waals surface area contributed by atoms with Crippen molar-refractivity contribution in [3.63, 3.8) is 0 Å². The van der Waals surface area contributed by atoms with Crippen LogP contribution in [-0.4, -0.2) is 60.0 Å². The minimum Gasteiger partial charge on any atom is -0.368 e. The van der Waals surface area contributed by atoms with E-state index in [0.717, 1.165) is 45.1 Å². The number of hydrogen-bond donors (Lipinski definition) is 0. The molecule has 26 heavy (non-hydrogen) atoms. The third-order valence-corrected chi connectivity index (χ3v) is 5.24. The van der Waals surface area contributed by atoms with E-state index >= 15 is 0 Å². The summed E-state index contributed by atoms with van der Waals surface area (Å²) >= 11 is 0. The Kier molecular flexibility index (Phi) is 4.73. The zero-order chi connectivity index (χ0) is 17.9. The van der Waals surface area contributed by atoms with Gasteiger partial charge in [0.1, 0.15) is 17.8 Å². The molecule has 0 N–H and O–H groups in total. The number of piperazine rings is 1. The summed E-state index contributed by atoms with van der Waals surface area (Å²) in [4.78, 5) is 27.9. The van der Waals surface area contributed by atoms with Gasteiger partial charge in [-0.1, -0.05) is 12.1 Å². The van der Waals surface area contributed by atoms with Crippen molar-refractivity contribution in [2.24, 2.45) is 0 Å². The summed E-state index contributed by atoms with van der Waals surface area (Å²) < 4.78 is 0. The second-order valence-corrected chi connectivity index (χ2v) is 7.07. The van der Waals surface area contributed by atoms with Gasteiger partial charge in [-0.3, -0.25) is 4.79 Å². The van der Waals surface area contributed by atoms with Gasteiger partial charge in [0.2, 0.25) is 0 Å². The maximum atomic E-state index is 12.9. The highest BCUT2D eigenvalue weighted by atomic mass is 16.2. The smallest absolute Gasteiger partial charge is 0.272 e. The average molecular weight is 351 g/mol. The van der Waals surface area contributed by atoms with E-state index in [1.165, 1.54) is 30.4 Å². The molecule has 1 aromatic carbocycles. The lowest BCUT2D eigenvalue weighted by molar-refractivity contribution is 0.0740. The van der Waals surface area contributed by atoms with Gasteiger partial charge < -0.3 is 14.7 Å². The van der Waals surface area contributed by atoms with Crippen molar-refractivity contribution < 1.29 is 4.79 Å². The van der Waals surface area contributed by atoms with E-state index in [-0.39, 0.29) is 5.91 Å². The maximum Gasteiger partial charge on any atom is 0.272 e. The Hall–Kier alpha value is -2.63. The van der Waals surface area contributed by atoms with Crippen LogP contribution in [0.2, 0.25) is 0 Å². The van der Waals surface area contributed by atoms with Gasteiger partial charge in [0.05, 0.1) is 0 Å². The number of carbonyl (C=O) groups excluding carboxylic acids is 1. The second kappa shape index (κ2) is 7.32. The van der Waals surface area contributed by atoms with Gasteiger partial charge in [-0.2, -0.15) is 0 Å². The van der Waals surface area contributed by atoms with Crippen LogP contribution < -0.4 is 9.80 Å². The quantitative estimate of drug-likeness (QED) is 0.850. The van der Waals surface area contributed by atoms with Crippen LogP contribution in [-0.2, 0) is 0 Å². The molecule has 1 aromatic heterocycles. The van der Waals surface area contributed by atoms with Crippen LogP contribution in [0.5, 0.6) is 0 Å². The summed E-state index contributed by atoms with van der Waals surface area (Å²) in [5.74, 6) is 0.885. The molecule has 2 fully saturated rings. The topological polar surface area (TPSA) is 52.6 Å². The summed E-state index contributed by atoms with van der Waals surface area (Å²) in [6.07, 6.45) is 3.90. The lowest BCUT2D eigenvalue weighted by Gasteiger charge is -2.36. The third kappa shape index (κ3) is 3.49. The Morgan fingerprint density at radius 1 is 0.923 bits per heavy atom. The standard InChI is InChI=1S/C20H25N5O/c1-16-5-4-6-17(13-16)23-9-11-25(12-10-23)20(26)18-14-19(22-15-21-18)24-7-2-3-8-24/h4-6,13-15H,2-3,7-12H2,1H3. The summed E-state index contributed by atoms with van der Waals surface area (Å²) in [5.41, 5.74) is 3.00. The summed E-state index contributed by atoms with van der Waals surface area (Å²) in [6.45, 7) is 7.26. The van der Waals surface area contributed by atoms with Gasteiger partial charge in [0, 0.05) is 51.0 Å². The highest BCUT2D eigenvalue weighted by molar-refractivity contribution is 5.93. The monoisotopic (exact) mass is 351 g/mol. The number of amides is 1. The van der Waals surface area contributed by atoms with Crippen LogP contribution in [0.1, 0.15) is 28.9 Å². The first-order valence-electron chi connectivity index (χ1n) is 9.38. The minimum atomic E-state index is 0.0109. The van der Waals surface area contributed by atoms with E-state index in [4.69, 9.17) is 0 Å². The Balaban J connectivity index is 1.41. The lowest BCUT2D eigenvalue weighted by atomic mass is 10.2. The van der Waals surface area contributed by atoms with Gasteiger partial charge in [-0.25, -0.2) is 9.97 Å². The SMILES string of the molecule is Cc1cccc(N2CCN(C(=O)c3cc(N4CCCC4)ncn3)CC2)c1.